The Bertz CT molecular complexity index is 629. The number of unbranched alkanes of at least 4 members (excludes halogenated alkanes) is 26. The summed E-state index contributed by atoms with van der Waals surface area (Å²) in [6.45, 7) is 4.53. The van der Waals surface area contributed by atoms with Crippen LogP contribution in [-0.4, -0.2) is 23.1 Å². The zero-order valence-electron chi connectivity index (χ0n) is 29.7. The summed E-state index contributed by atoms with van der Waals surface area (Å²) in [7, 11) is 0. The molecular formula is C40H76O4. The number of hydrogen-bond acceptors (Lipinski definition) is 3. The summed E-state index contributed by atoms with van der Waals surface area (Å²) < 4.78 is 5.72. The molecule has 0 fully saturated rings. The van der Waals surface area contributed by atoms with Gasteiger partial charge in [-0.05, 0) is 51.4 Å². The fourth-order valence-corrected chi connectivity index (χ4v) is 6.05. The molecule has 1 atom stereocenters. The van der Waals surface area contributed by atoms with Crippen molar-refractivity contribution in [3.8, 4) is 0 Å². The summed E-state index contributed by atoms with van der Waals surface area (Å²) in [5.74, 6) is -0.948. The van der Waals surface area contributed by atoms with E-state index in [-0.39, 0.29) is 18.5 Å². The van der Waals surface area contributed by atoms with Gasteiger partial charge in [0.2, 0.25) is 0 Å². The quantitative estimate of drug-likeness (QED) is 0.0430. The number of hydrogen-bond donors (Lipinski definition) is 1. The van der Waals surface area contributed by atoms with E-state index < -0.39 is 5.97 Å². The van der Waals surface area contributed by atoms with Gasteiger partial charge in [0.05, 0.1) is 0 Å². The molecule has 0 bridgehead atoms. The largest absolute Gasteiger partial charge is 0.481 e. The Hall–Kier alpha value is -1.32. The molecule has 0 aromatic heterocycles. The van der Waals surface area contributed by atoms with Gasteiger partial charge >= 0.3 is 11.9 Å². The molecule has 0 spiro atoms. The van der Waals surface area contributed by atoms with E-state index in [1.807, 2.05) is 0 Å². The minimum absolute atomic E-state index is 0.0758. The normalized spacial score (nSPS) is 12.2. The highest BCUT2D eigenvalue weighted by atomic mass is 16.5. The Morgan fingerprint density at radius 2 is 0.841 bits per heavy atom. The number of esters is 1. The summed E-state index contributed by atoms with van der Waals surface area (Å²) in [5.41, 5.74) is 0. The zero-order chi connectivity index (χ0) is 32.2. The molecule has 0 saturated heterocycles. The SMILES string of the molecule is CCCCCCCC/C=C\CCCCCCCCCCCCCC(=O)OC(CCCCCCCCCCCC)CCC(=O)O. The molecule has 1 unspecified atom stereocenters. The first-order valence-electron chi connectivity index (χ1n) is 19.7. The molecule has 0 amide bonds. The smallest absolute Gasteiger partial charge is 0.306 e. The van der Waals surface area contributed by atoms with Crippen LogP contribution in [0.2, 0.25) is 0 Å². The summed E-state index contributed by atoms with van der Waals surface area (Å²) in [4.78, 5) is 23.5. The van der Waals surface area contributed by atoms with Crippen LogP contribution in [0, 0.1) is 0 Å². The van der Waals surface area contributed by atoms with Gasteiger partial charge in [-0.15, -0.1) is 0 Å². The topological polar surface area (TPSA) is 63.6 Å². The van der Waals surface area contributed by atoms with Crippen molar-refractivity contribution in [3.63, 3.8) is 0 Å². The van der Waals surface area contributed by atoms with Crippen LogP contribution in [0.5, 0.6) is 0 Å². The van der Waals surface area contributed by atoms with Crippen molar-refractivity contribution in [1.29, 1.82) is 0 Å². The van der Waals surface area contributed by atoms with Crippen LogP contribution in [0.4, 0.5) is 0 Å². The van der Waals surface area contributed by atoms with Crippen molar-refractivity contribution >= 4 is 11.9 Å². The highest BCUT2D eigenvalue weighted by Crippen LogP contribution is 2.18. The van der Waals surface area contributed by atoms with Crippen LogP contribution in [0.3, 0.4) is 0 Å². The van der Waals surface area contributed by atoms with E-state index in [4.69, 9.17) is 9.84 Å². The fraction of sp³-hybridized carbons (Fsp3) is 0.900. The van der Waals surface area contributed by atoms with E-state index in [0.29, 0.717) is 12.8 Å². The highest BCUT2D eigenvalue weighted by molar-refractivity contribution is 5.69. The second-order valence-electron chi connectivity index (χ2n) is 13.5. The van der Waals surface area contributed by atoms with Crippen molar-refractivity contribution in [2.24, 2.45) is 0 Å². The summed E-state index contributed by atoms with van der Waals surface area (Å²) in [5, 5.41) is 9.09. The second kappa shape index (κ2) is 36.2. The number of carboxylic acids is 1. The molecule has 0 aliphatic carbocycles. The van der Waals surface area contributed by atoms with E-state index in [1.165, 1.54) is 161 Å². The van der Waals surface area contributed by atoms with E-state index in [9.17, 15) is 9.59 Å². The second-order valence-corrected chi connectivity index (χ2v) is 13.5. The highest BCUT2D eigenvalue weighted by Gasteiger charge is 2.16. The maximum absolute atomic E-state index is 12.4. The molecule has 0 aliphatic rings. The lowest BCUT2D eigenvalue weighted by Gasteiger charge is -2.17. The first-order valence-corrected chi connectivity index (χ1v) is 19.7. The number of rotatable bonds is 36. The van der Waals surface area contributed by atoms with E-state index in [2.05, 4.69) is 26.0 Å². The van der Waals surface area contributed by atoms with E-state index >= 15 is 0 Å². The first kappa shape index (κ1) is 42.7. The lowest BCUT2D eigenvalue weighted by atomic mass is 10.0. The number of ether oxygens (including phenoxy) is 1. The Kier molecular flexibility index (Phi) is 35.1. The van der Waals surface area contributed by atoms with Crippen LogP contribution < -0.4 is 0 Å². The number of carbonyl (C=O) groups excluding carboxylic acids is 1. The van der Waals surface area contributed by atoms with Crippen LogP contribution in [0.1, 0.15) is 226 Å². The standard InChI is InChI=1S/C40H76O4/c1-3-5-7-9-11-13-15-16-17-18-19-20-21-22-23-24-25-27-29-31-33-35-40(43)44-38(36-37-39(41)42)34-32-30-28-26-14-12-10-8-6-4-2/h16-17,38H,3-15,18-37H2,1-2H3,(H,41,42)/b17-16-. The molecular weight excluding hydrogens is 544 g/mol. The predicted octanol–water partition coefficient (Wildman–Crippen LogP) is 13.5. The third-order valence-electron chi connectivity index (χ3n) is 9.00. The molecule has 44 heavy (non-hydrogen) atoms. The summed E-state index contributed by atoms with van der Waals surface area (Å²) in [6, 6.07) is 0. The van der Waals surface area contributed by atoms with Crippen LogP contribution in [0.25, 0.3) is 0 Å². The zero-order valence-corrected chi connectivity index (χ0v) is 29.7. The Morgan fingerprint density at radius 1 is 0.477 bits per heavy atom. The van der Waals surface area contributed by atoms with Gasteiger partial charge in [-0.25, -0.2) is 0 Å². The van der Waals surface area contributed by atoms with Gasteiger partial charge < -0.3 is 9.84 Å². The van der Waals surface area contributed by atoms with Gasteiger partial charge in [0.25, 0.3) is 0 Å². The van der Waals surface area contributed by atoms with Gasteiger partial charge in [-0.1, -0.05) is 174 Å². The minimum atomic E-state index is -0.809. The molecule has 0 rings (SSSR count). The average Bonchev–Trinajstić information content (AvgIpc) is 3.01. The van der Waals surface area contributed by atoms with Gasteiger partial charge in [-0.3, -0.25) is 9.59 Å². The Morgan fingerprint density at radius 3 is 1.25 bits per heavy atom. The minimum Gasteiger partial charge on any atom is -0.481 e. The number of carbonyl (C=O) groups is 2. The summed E-state index contributed by atoms with van der Waals surface area (Å²) in [6.07, 6.45) is 43.8. The summed E-state index contributed by atoms with van der Waals surface area (Å²) >= 11 is 0. The molecule has 4 heteroatoms. The lowest BCUT2D eigenvalue weighted by Crippen LogP contribution is -2.19. The van der Waals surface area contributed by atoms with E-state index in [1.54, 1.807) is 0 Å². The third kappa shape index (κ3) is 35.2. The predicted molar refractivity (Wildman–Crippen MR) is 190 cm³/mol. The number of aliphatic carboxylic acids is 1. The maximum Gasteiger partial charge on any atom is 0.306 e. The Balaban J connectivity index is 3.62. The number of carboxylic acid groups (broad SMARTS) is 1. The molecule has 0 radical (unpaired) electrons. The first-order chi connectivity index (χ1) is 21.6. The van der Waals surface area contributed by atoms with E-state index in [0.717, 1.165) is 32.1 Å². The molecule has 0 heterocycles. The monoisotopic (exact) mass is 621 g/mol. The molecule has 4 nitrogen and oxygen atoms in total. The lowest BCUT2D eigenvalue weighted by molar-refractivity contribution is -0.151. The van der Waals surface area contributed by atoms with Gasteiger partial charge in [0.15, 0.2) is 0 Å². The van der Waals surface area contributed by atoms with Gasteiger partial charge in [0, 0.05) is 12.8 Å². The molecule has 0 aromatic rings. The molecule has 0 saturated carbocycles. The fourth-order valence-electron chi connectivity index (χ4n) is 6.05. The van der Waals surface area contributed by atoms with Crippen LogP contribution in [-0.2, 0) is 14.3 Å². The molecule has 0 aliphatic heterocycles. The maximum atomic E-state index is 12.4. The van der Waals surface area contributed by atoms with Gasteiger partial charge in [0.1, 0.15) is 6.10 Å². The van der Waals surface area contributed by atoms with Crippen molar-refractivity contribution in [2.75, 3.05) is 0 Å². The molecule has 260 valence electrons. The van der Waals surface area contributed by atoms with Crippen molar-refractivity contribution < 1.29 is 19.4 Å². The van der Waals surface area contributed by atoms with Crippen molar-refractivity contribution in [2.45, 2.75) is 232 Å². The van der Waals surface area contributed by atoms with Crippen LogP contribution >= 0.6 is 0 Å². The number of allylic oxidation sites excluding steroid dienone is 2. The average molecular weight is 621 g/mol. The van der Waals surface area contributed by atoms with Gasteiger partial charge in [-0.2, -0.15) is 0 Å². The molecule has 1 N–H and O–H groups in total. The van der Waals surface area contributed by atoms with Crippen molar-refractivity contribution in [3.05, 3.63) is 12.2 Å². The third-order valence-corrected chi connectivity index (χ3v) is 9.00. The van der Waals surface area contributed by atoms with Crippen molar-refractivity contribution in [1.82, 2.24) is 0 Å². The molecule has 0 aromatic carbocycles. The Labute approximate surface area is 275 Å². The van der Waals surface area contributed by atoms with Crippen LogP contribution in [0.15, 0.2) is 12.2 Å².